The Labute approximate surface area is 93.7 Å². The molecule has 6 nitrogen and oxygen atoms in total. The molecule has 0 saturated heterocycles. The van der Waals surface area contributed by atoms with E-state index in [-0.39, 0.29) is 0 Å². The zero-order valence-corrected chi connectivity index (χ0v) is 9.38. The molecule has 0 spiro atoms. The Morgan fingerprint density at radius 3 is 2.81 bits per heavy atom. The third-order valence-corrected chi connectivity index (χ3v) is 2.10. The lowest BCUT2D eigenvalue weighted by molar-refractivity contribution is 0.659. The van der Waals surface area contributed by atoms with Crippen molar-refractivity contribution in [1.82, 2.24) is 30.3 Å². The van der Waals surface area contributed by atoms with E-state index < -0.39 is 0 Å². The van der Waals surface area contributed by atoms with Crippen molar-refractivity contribution < 1.29 is 0 Å². The van der Waals surface area contributed by atoms with E-state index >= 15 is 0 Å². The first-order valence-electron chi connectivity index (χ1n) is 5.08. The molecule has 0 saturated carbocycles. The summed E-state index contributed by atoms with van der Waals surface area (Å²) in [6, 6.07) is 1.90. The Kier molecular flexibility index (Phi) is 3.21. The van der Waals surface area contributed by atoms with Crippen molar-refractivity contribution in [2.75, 3.05) is 0 Å². The molecule has 2 aromatic heterocycles. The zero-order valence-electron chi connectivity index (χ0n) is 9.38. The molecule has 0 bridgehead atoms. The number of nitrogens with one attached hydrogen (secondary N) is 1. The Bertz CT molecular complexity index is 464. The quantitative estimate of drug-likeness (QED) is 0.794. The molecule has 2 heterocycles. The molecule has 0 aliphatic heterocycles. The summed E-state index contributed by atoms with van der Waals surface area (Å²) < 4.78 is 1.69. The fraction of sp³-hybridized carbons (Fsp3) is 0.400. The van der Waals surface area contributed by atoms with Crippen molar-refractivity contribution in [3.8, 4) is 0 Å². The van der Waals surface area contributed by atoms with E-state index in [0.717, 1.165) is 17.2 Å². The lowest BCUT2D eigenvalue weighted by Crippen LogP contribution is -2.14. The van der Waals surface area contributed by atoms with Crippen LogP contribution in [0.5, 0.6) is 0 Å². The molecule has 0 atom stereocenters. The molecule has 0 amide bonds. The van der Waals surface area contributed by atoms with Gasteiger partial charge in [0.2, 0.25) is 0 Å². The van der Waals surface area contributed by atoms with Gasteiger partial charge in [0, 0.05) is 32.5 Å². The highest BCUT2D eigenvalue weighted by atomic mass is 15.4. The largest absolute Gasteiger partial charge is 0.305 e. The van der Waals surface area contributed by atoms with E-state index in [1.54, 1.807) is 10.9 Å². The van der Waals surface area contributed by atoms with Crippen LogP contribution in [0, 0.1) is 6.92 Å². The maximum Gasteiger partial charge on any atom is 0.125 e. The highest BCUT2D eigenvalue weighted by Crippen LogP contribution is 1.95. The van der Waals surface area contributed by atoms with Crippen LogP contribution < -0.4 is 5.32 Å². The molecule has 0 aliphatic carbocycles. The van der Waals surface area contributed by atoms with Crippen LogP contribution in [0.1, 0.15) is 17.2 Å². The molecular weight excluding hydrogens is 204 g/mol. The molecule has 0 unspecified atom stereocenters. The maximum absolute atomic E-state index is 4.29. The number of rotatable bonds is 4. The second-order valence-electron chi connectivity index (χ2n) is 3.58. The van der Waals surface area contributed by atoms with Gasteiger partial charge in [-0.05, 0) is 13.0 Å². The van der Waals surface area contributed by atoms with Crippen molar-refractivity contribution >= 4 is 0 Å². The third kappa shape index (κ3) is 2.83. The Morgan fingerprint density at radius 2 is 2.12 bits per heavy atom. The molecule has 84 valence electrons. The van der Waals surface area contributed by atoms with Crippen LogP contribution in [0.4, 0.5) is 0 Å². The van der Waals surface area contributed by atoms with Gasteiger partial charge in [-0.3, -0.25) is 4.68 Å². The van der Waals surface area contributed by atoms with Crippen LogP contribution in [0.15, 0.2) is 18.5 Å². The molecular formula is C10H14N6. The van der Waals surface area contributed by atoms with Gasteiger partial charge < -0.3 is 5.32 Å². The lowest BCUT2D eigenvalue weighted by atomic mass is 10.4. The summed E-state index contributed by atoms with van der Waals surface area (Å²) in [5.41, 5.74) is 1.91. The summed E-state index contributed by atoms with van der Waals surface area (Å²) in [5, 5.41) is 11.1. The molecule has 2 rings (SSSR count). The molecule has 0 aliphatic rings. The van der Waals surface area contributed by atoms with E-state index in [1.165, 1.54) is 0 Å². The second-order valence-corrected chi connectivity index (χ2v) is 3.58. The summed E-state index contributed by atoms with van der Waals surface area (Å²) in [6.45, 7) is 3.28. The number of hydrogen-bond donors (Lipinski definition) is 1. The summed E-state index contributed by atoms with van der Waals surface area (Å²) in [6.07, 6.45) is 3.65. The maximum atomic E-state index is 4.29. The molecule has 2 aromatic rings. The predicted octanol–water partition coefficient (Wildman–Crippen LogP) is 0.203. The number of nitrogens with zero attached hydrogens (tertiary/aromatic N) is 5. The number of aromatic nitrogens is 5. The van der Waals surface area contributed by atoms with Gasteiger partial charge in [-0.15, -0.1) is 5.10 Å². The molecule has 16 heavy (non-hydrogen) atoms. The van der Waals surface area contributed by atoms with Crippen molar-refractivity contribution in [1.29, 1.82) is 0 Å². The van der Waals surface area contributed by atoms with E-state index in [4.69, 9.17) is 0 Å². The monoisotopic (exact) mass is 218 g/mol. The van der Waals surface area contributed by atoms with E-state index in [9.17, 15) is 0 Å². The molecule has 0 aromatic carbocycles. The molecule has 0 fully saturated rings. The van der Waals surface area contributed by atoms with Crippen molar-refractivity contribution in [3.63, 3.8) is 0 Å². The average Bonchev–Trinajstić information content (AvgIpc) is 2.64. The van der Waals surface area contributed by atoms with Gasteiger partial charge in [0.05, 0.1) is 11.4 Å². The first-order chi connectivity index (χ1) is 7.74. The first kappa shape index (κ1) is 10.7. The standard InChI is InChI=1S/C10H14N6/c1-8-12-4-3-9(13-8)5-11-6-10-7-16(2)15-14-10/h3-4,7,11H,5-6H2,1-2H3. The van der Waals surface area contributed by atoms with Crippen LogP contribution in [0.25, 0.3) is 0 Å². The Hall–Kier alpha value is -1.82. The van der Waals surface area contributed by atoms with Crippen molar-refractivity contribution in [3.05, 3.63) is 35.7 Å². The van der Waals surface area contributed by atoms with Crippen LogP contribution in [0.2, 0.25) is 0 Å². The van der Waals surface area contributed by atoms with E-state index in [2.05, 4.69) is 25.6 Å². The third-order valence-electron chi connectivity index (χ3n) is 2.10. The highest BCUT2D eigenvalue weighted by molar-refractivity contribution is 5.01. The SMILES string of the molecule is Cc1nccc(CNCc2cn(C)nn2)n1. The Balaban J connectivity index is 1.84. The summed E-state index contributed by atoms with van der Waals surface area (Å²) >= 11 is 0. The summed E-state index contributed by atoms with van der Waals surface area (Å²) in [5.74, 6) is 0.791. The average molecular weight is 218 g/mol. The van der Waals surface area contributed by atoms with Crippen LogP contribution >= 0.6 is 0 Å². The minimum Gasteiger partial charge on any atom is -0.305 e. The van der Waals surface area contributed by atoms with Crippen molar-refractivity contribution in [2.45, 2.75) is 20.0 Å². The second kappa shape index (κ2) is 4.80. The van der Waals surface area contributed by atoms with Gasteiger partial charge in [-0.2, -0.15) is 0 Å². The minimum atomic E-state index is 0.691. The fourth-order valence-corrected chi connectivity index (χ4v) is 1.40. The molecule has 1 N–H and O–H groups in total. The summed E-state index contributed by atoms with van der Waals surface area (Å²) in [7, 11) is 1.85. The zero-order chi connectivity index (χ0) is 11.4. The van der Waals surface area contributed by atoms with Crippen LogP contribution in [-0.4, -0.2) is 25.0 Å². The number of aryl methyl sites for hydroxylation is 2. The topological polar surface area (TPSA) is 68.5 Å². The van der Waals surface area contributed by atoms with E-state index in [0.29, 0.717) is 13.1 Å². The number of hydrogen-bond acceptors (Lipinski definition) is 5. The Morgan fingerprint density at radius 1 is 1.31 bits per heavy atom. The molecule has 0 radical (unpaired) electrons. The predicted molar refractivity (Wildman–Crippen MR) is 58.3 cm³/mol. The minimum absolute atomic E-state index is 0.691. The van der Waals surface area contributed by atoms with E-state index in [1.807, 2.05) is 26.2 Å². The van der Waals surface area contributed by atoms with Gasteiger partial charge in [-0.25, -0.2) is 9.97 Å². The van der Waals surface area contributed by atoms with Gasteiger partial charge >= 0.3 is 0 Å². The van der Waals surface area contributed by atoms with Crippen LogP contribution in [0.3, 0.4) is 0 Å². The van der Waals surface area contributed by atoms with Crippen molar-refractivity contribution in [2.24, 2.45) is 7.05 Å². The van der Waals surface area contributed by atoms with Gasteiger partial charge in [-0.1, -0.05) is 5.21 Å². The fourth-order valence-electron chi connectivity index (χ4n) is 1.40. The molecule has 6 heteroatoms. The van der Waals surface area contributed by atoms with Gasteiger partial charge in [0.15, 0.2) is 0 Å². The lowest BCUT2D eigenvalue weighted by Gasteiger charge is -2.02. The highest BCUT2D eigenvalue weighted by Gasteiger charge is 1.99. The smallest absolute Gasteiger partial charge is 0.125 e. The van der Waals surface area contributed by atoms with Crippen LogP contribution in [-0.2, 0) is 20.1 Å². The first-order valence-corrected chi connectivity index (χ1v) is 5.08. The summed E-state index contributed by atoms with van der Waals surface area (Å²) in [4.78, 5) is 8.34. The normalized spacial score (nSPS) is 10.6. The van der Waals surface area contributed by atoms with Gasteiger partial charge in [0.25, 0.3) is 0 Å². The van der Waals surface area contributed by atoms with Gasteiger partial charge in [0.1, 0.15) is 5.82 Å².